The Hall–Kier alpha value is -0.510. The number of nitrogens with zero attached hydrogens (tertiary/aromatic N) is 3. The first-order chi connectivity index (χ1) is 8.26. The van der Waals surface area contributed by atoms with Gasteiger partial charge in [-0.2, -0.15) is 12.6 Å². The molecule has 98 valence electrons. The van der Waals surface area contributed by atoms with Gasteiger partial charge in [0, 0.05) is 17.9 Å². The molecule has 1 rings (SSSR count). The van der Waals surface area contributed by atoms with E-state index < -0.39 is 0 Å². The lowest BCUT2D eigenvalue weighted by molar-refractivity contribution is 0.472. The van der Waals surface area contributed by atoms with Gasteiger partial charge in [-0.15, -0.1) is 5.10 Å². The summed E-state index contributed by atoms with van der Waals surface area (Å²) in [6, 6.07) is 0.378. The number of thiol groups is 1. The van der Waals surface area contributed by atoms with Crippen LogP contribution in [0.4, 0.5) is 0 Å². The van der Waals surface area contributed by atoms with Crippen molar-refractivity contribution in [3.05, 3.63) is 11.9 Å². The van der Waals surface area contributed by atoms with Crippen molar-refractivity contribution < 1.29 is 0 Å². The van der Waals surface area contributed by atoms with Crippen LogP contribution in [0.2, 0.25) is 0 Å². The first-order valence-electron chi connectivity index (χ1n) is 6.79. The minimum absolute atomic E-state index is 0.378. The van der Waals surface area contributed by atoms with Gasteiger partial charge in [0.15, 0.2) is 0 Å². The Labute approximate surface area is 110 Å². The van der Waals surface area contributed by atoms with Crippen molar-refractivity contribution in [2.75, 3.05) is 5.75 Å². The zero-order valence-electron chi connectivity index (χ0n) is 11.3. The lowest BCUT2D eigenvalue weighted by Crippen LogP contribution is -2.10. The molecule has 4 heteroatoms. The van der Waals surface area contributed by atoms with Gasteiger partial charge in [-0.25, -0.2) is 4.68 Å². The number of hydrogen-bond acceptors (Lipinski definition) is 3. The summed E-state index contributed by atoms with van der Waals surface area (Å²) in [7, 11) is 0. The molecule has 0 spiro atoms. The Morgan fingerprint density at radius 2 is 2.06 bits per heavy atom. The highest BCUT2D eigenvalue weighted by Crippen LogP contribution is 2.24. The average Bonchev–Trinajstić information content (AvgIpc) is 2.81. The molecule has 1 aromatic heterocycles. The summed E-state index contributed by atoms with van der Waals surface area (Å²) in [6.07, 6.45) is 8.07. The van der Waals surface area contributed by atoms with Crippen molar-refractivity contribution in [1.82, 2.24) is 15.0 Å². The molecule has 0 saturated heterocycles. The van der Waals surface area contributed by atoms with E-state index in [0.717, 1.165) is 24.3 Å². The lowest BCUT2D eigenvalue weighted by atomic mass is 9.96. The summed E-state index contributed by atoms with van der Waals surface area (Å²) < 4.78 is 1.98. The summed E-state index contributed by atoms with van der Waals surface area (Å²) in [5, 5.41) is 8.59. The summed E-state index contributed by atoms with van der Waals surface area (Å²) in [5.41, 5.74) is 1.15. The Morgan fingerprint density at radius 3 is 2.59 bits per heavy atom. The van der Waals surface area contributed by atoms with Crippen molar-refractivity contribution in [3.63, 3.8) is 0 Å². The van der Waals surface area contributed by atoms with Crippen molar-refractivity contribution in [1.29, 1.82) is 0 Å². The van der Waals surface area contributed by atoms with Crippen LogP contribution < -0.4 is 0 Å². The van der Waals surface area contributed by atoms with Crippen LogP contribution in [-0.4, -0.2) is 20.7 Å². The molecular weight excluding hydrogens is 230 g/mol. The van der Waals surface area contributed by atoms with Gasteiger partial charge < -0.3 is 0 Å². The minimum atomic E-state index is 0.378. The van der Waals surface area contributed by atoms with Gasteiger partial charge in [0.1, 0.15) is 0 Å². The maximum Gasteiger partial charge on any atom is 0.0858 e. The maximum atomic E-state index is 4.36. The smallest absolute Gasteiger partial charge is 0.0858 e. The Balaban J connectivity index is 2.70. The highest BCUT2D eigenvalue weighted by atomic mass is 32.1. The van der Waals surface area contributed by atoms with E-state index in [4.69, 9.17) is 0 Å². The second-order valence-electron chi connectivity index (χ2n) is 4.62. The Bertz CT molecular complexity index is 307. The second kappa shape index (κ2) is 7.75. The second-order valence-corrected chi connectivity index (χ2v) is 4.98. The molecule has 0 aliphatic heterocycles. The van der Waals surface area contributed by atoms with E-state index in [0.29, 0.717) is 12.0 Å². The maximum absolute atomic E-state index is 4.36. The normalized spacial score (nSPS) is 14.8. The topological polar surface area (TPSA) is 30.7 Å². The summed E-state index contributed by atoms with van der Waals surface area (Å²) >= 11 is 4.36. The monoisotopic (exact) mass is 255 g/mol. The minimum Gasteiger partial charge on any atom is -0.248 e. The van der Waals surface area contributed by atoms with Crippen LogP contribution in [0.1, 0.15) is 70.5 Å². The molecule has 1 aromatic rings. The first-order valence-corrected chi connectivity index (χ1v) is 7.42. The Kier molecular flexibility index (Phi) is 6.63. The SMILES string of the molecule is CCCCC(CC)c1cn(C(CC)CS)nn1. The third kappa shape index (κ3) is 4.02. The first kappa shape index (κ1) is 14.6. The van der Waals surface area contributed by atoms with Gasteiger partial charge in [0.05, 0.1) is 11.7 Å². The van der Waals surface area contributed by atoms with Crippen molar-refractivity contribution in [3.8, 4) is 0 Å². The highest BCUT2D eigenvalue weighted by molar-refractivity contribution is 7.80. The van der Waals surface area contributed by atoms with Gasteiger partial charge in [0.2, 0.25) is 0 Å². The van der Waals surface area contributed by atoms with Crippen molar-refractivity contribution in [2.24, 2.45) is 0 Å². The van der Waals surface area contributed by atoms with Crippen LogP contribution >= 0.6 is 12.6 Å². The average molecular weight is 255 g/mol. The van der Waals surface area contributed by atoms with Crippen LogP contribution in [0.15, 0.2) is 6.20 Å². The summed E-state index contributed by atoms with van der Waals surface area (Å²) in [6.45, 7) is 6.63. The van der Waals surface area contributed by atoms with Crippen molar-refractivity contribution >= 4 is 12.6 Å². The highest BCUT2D eigenvalue weighted by Gasteiger charge is 2.15. The van der Waals surface area contributed by atoms with Crippen LogP contribution in [0.3, 0.4) is 0 Å². The molecule has 2 atom stereocenters. The van der Waals surface area contributed by atoms with E-state index in [1.807, 2.05) is 4.68 Å². The van der Waals surface area contributed by atoms with E-state index in [1.54, 1.807) is 0 Å². The van der Waals surface area contributed by atoms with Crippen LogP contribution in [-0.2, 0) is 0 Å². The predicted octanol–water partition coefficient (Wildman–Crippen LogP) is 3.84. The molecular formula is C13H25N3S. The fourth-order valence-electron chi connectivity index (χ4n) is 2.07. The molecule has 0 aliphatic rings. The van der Waals surface area contributed by atoms with E-state index in [-0.39, 0.29) is 0 Å². The Morgan fingerprint density at radius 1 is 1.29 bits per heavy atom. The largest absolute Gasteiger partial charge is 0.248 e. The van der Waals surface area contributed by atoms with Crippen LogP contribution in [0, 0.1) is 0 Å². The fraction of sp³-hybridized carbons (Fsp3) is 0.846. The number of hydrogen-bond donors (Lipinski definition) is 1. The molecule has 0 radical (unpaired) electrons. The molecule has 1 heterocycles. The molecule has 0 aromatic carbocycles. The molecule has 3 nitrogen and oxygen atoms in total. The number of unbranched alkanes of at least 4 members (excludes halogenated alkanes) is 1. The molecule has 0 saturated carbocycles. The standard InChI is InChI=1S/C13H25N3S/c1-4-7-8-11(5-2)13-9-16(15-14-13)12(6-3)10-17/h9,11-12,17H,4-8,10H2,1-3H3. The van der Waals surface area contributed by atoms with Crippen molar-refractivity contribution in [2.45, 2.75) is 64.8 Å². The molecule has 0 N–H and O–H groups in total. The third-order valence-electron chi connectivity index (χ3n) is 3.40. The van der Waals surface area contributed by atoms with Crippen LogP contribution in [0.25, 0.3) is 0 Å². The van der Waals surface area contributed by atoms with Gasteiger partial charge in [-0.1, -0.05) is 38.8 Å². The quantitative estimate of drug-likeness (QED) is 0.715. The predicted molar refractivity (Wildman–Crippen MR) is 75.8 cm³/mol. The molecule has 0 aliphatic carbocycles. The van der Waals surface area contributed by atoms with E-state index >= 15 is 0 Å². The molecule has 0 amide bonds. The zero-order chi connectivity index (χ0) is 12.7. The molecule has 2 unspecified atom stereocenters. The van der Waals surface area contributed by atoms with Crippen LogP contribution in [0.5, 0.6) is 0 Å². The van der Waals surface area contributed by atoms with E-state index in [9.17, 15) is 0 Å². The van der Waals surface area contributed by atoms with Gasteiger partial charge in [0.25, 0.3) is 0 Å². The number of aromatic nitrogens is 3. The number of rotatable bonds is 8. The molecule has 0 bridgehead atoms. The molecule has 17 heavy (non-hydrogen) atoms. The summed E-state index contributed by atoms with van der Waals surface area (Å²) in [4.78, 5) is 0. The molecule has 0 fully saturated rings. The van der Waals surface area contributed by atoms with Gasteiger partial charge in [-0.3, -0.25) is 0 Å². The van der Waals surface area contributed by atoms with E-state index in [2.05, 4.69) is 49.9 Å². The van der Waals surface area contributed by atoms with Gasteiger partial charge >= 0.3 is 0 Å². The summed E-state index contributed by atoms with van der Waals surface area (Å²) in [5.74, 6) is 1.39. The van der Waals surface area contributed by atoms with Gasteiger partial charge in [-0.05, 0) is 19.3 Å². The third-order valence-corrected chi connectivity index (χ3v) is 3.82. The van der Waals surface area contributed by atoms with E-state index in [1.165, 1.54) is 19.3 Å². The zero-order valence-corrected chi connectivity index (χ0v) is 12.2. The fourth-order valence-corrected chi connectivity index (χ4v) is 2.49. The lowest BCUT2D eigenvalue weighted by Gasteiger charge is -2.12.